The summed E-state index contributed by atoms with van der Waals surface area (Å²) in [6.45, 7) is 5.41. The Kier molecular flexibility index (Phi) is 6.27. The van der Waals surface area contributed by atoms with Gasteiger partial charge in [-0.1, -0.05) is 35.8 Å². The summed E-state index contributed by atoms with van der Waals surface area (Å²) in [7, 11) is 1.70. The molecule has 0 spiro atoms. The molecule has 0 saturated heterocycles. The molecule has 1 heterocycles. The fraction of sp³-hybridized carbons (Fsp3) is 0.412. The van der Waals surface area contributed by atoms with Gasteiger partial charge in [-0.3, -0.25) is 0 Å². The van der Waals surface area contributed by atoms with E-state index in [1.165, 1.54) is 16.0 Å². The summed E-state index contributed by atoms with van der Waals surface area (Å²) >= 11 is 5.53. The van der Waals surface area contributed by atoms with Crippen molar-refractivity contribution in [2.45, 2.75) is 32.7 Å². The minimum absolute atomic E-state index is 0.236. The van der Waals surface area contributed by atoms with Crippen LogP contribution >= 0.6 is 27.3 Å². The van der Waals surface area contributed by atoms with Gasteiger partial charge in [0, 0.05) is 9.35 Å². The van der Waals surface area contributed by atoms with Crippen molar-refractivity contribution < 1.29 is 4.74 Å². The fourth-order valence-corrected chi connectivity index (χ4v) is 4.07. The number of ether oxygens (including phenoxy) is 1. The van der Waals surface area contributed by atoms with Crippen molar-refractivity contribution >= 4 is 27.3 Å². The van der Waals surface area contributed by atoms with Crippen molar-refractivity contribution in [3.63, 3.8) is 0 Å². The standard InChI is InChI=1S/C17H22BrNOS/c1-4-9-19-16(17-12(5-2)8-10-21-17)14-7-6-13(20-3)11-15(14)18/h6-8,10-11,16,19H,4-5,9H2,1-3H3. The highest BCUT2D eigenvalue weighted by Crippen LogP contribution is 2.35. The van der Waals surface area contributed by atoms with Gasteiger partial charge in [0.25, 0.3) is 0 Å². The second-order valence-corrected chi connectivity index (χ2v) is 6.74. The zero-order chi connectivity index (χ0) is 15.2. The lowest BCUT2D eigenvalue weighted by Gasteiger charge is -2.21. The van der Waals surface area contributed by atoms with E-state index >= 15 is 0 Å². The van der Waals surface area contributed by atoms with Gasteiger partial charge in [0.05, 0.1) is 13.2 Å². The predicted octanol–water partition coefficient (Wildman–Crippen LogP) is 5.17. The molecule has 21 heavy (non-hydrogen) atoms. The number of methoxy groups -OCH3 is 1. The summed E-state index contributed by atoms with van der Waals surface area (Å²) in [6.07, 6.45) is 2.19. The van der Waals surface area contributed by atoms with Crippen LogP contribution in [0.25, 0.3) is 0 Å². The van der Waals surface area contributed by atoms with E-state index in [9.17, 15) is 0 Å². The summed E-state index contributed by atoms with van der Waals surface area (Å²) in [5.41, 5.74) is 2.69. The molecule has 0 aliphatic carbocycles. The Morgan fingerprint density at radius 3 is 2.71 bits per heavy atom. The third-order valence-electron chi connectivity index (χ3n) is 3.54. The molecule has 2 rings (SSSR count). The van der Waals surface area contributed by atoms with E-state index in [1.54, 1.807) is 7.11 Å². The molecule has 0 bridgehead atoms. The summed E-state index contributed by atoms with van der Waals surface area (Å²) in [4.78, 5) is 1.41. The van der Waals surface area contributed by atoms with Gasteiger partial charge in [0.2, 0.25) is 0 Å². The summed E-state index contributed by atoms with van der Waals surface area (Å²) in [6, 6.07) is 8.68. The summed E-state index contributed by atoms with van der Waals surface area (Å²) < 4.78 is 6.39. The molecule has 1 atom stereocenters. The van der Waals surface area contributed by atoms with Crippen molar-refractivity contribution in [1.29, 1.82) is 0 Å². The minimum Gasteiger partial charge on any atom is -0.497 e. The molecule has 4 heteroatoms. The lowest BCUT2D eigenvalue weighted by molar-refractivity contribution is 0.414. The average Bonchev–Trinajstić information content (AvgIpc) is 2.97. The molecule has 1 N–H and O–H groups in total. The van der Waals surface area contributed by atoms with E-state index in [-0.39, 0.29) is 6.04 Å². The van der Waals surface area contributed by atoms with Crippen LogP contribution in [-0.4, -0.2) is 13.7 Å². The maximum Gasteiger partial charge on any atom is 0.120 e. The quantitative estimate of drug-likeness (QED) is 0.728. The van der Waals surface area contributed by atoms with Gasteiger partial charge in [0.15, 0.2) is 0 Å². The van der Waals surface area contributed by atoms with Crippen LogP contribution in [-0.2, 0) is 6.42 Å². The Morgan fingerprint density at radius 2 is 2.10 bits per heavy atom. The van der Waals surface area contributed by atoms with E-state index in [1.807, 2.05) is 23.5 Å². The van der Waals surface area contributed by atoms with Gasteiger partial charge in [-0.25, -0.2) is 0 Å². The Morgan fingerprint density at radius 1 is 1.29 bits per heavy atom. The number of halogens is 1. The zero-order valence-corrected chi connectivity index (χ0v) is 15.2. The van der Waals surface area contributed by atoms with Crippen molar-refractivity contribution in [2.75, 3.05) is 13.7 Å². The number of benzene rings is 1. The second-order valence-electron chi connectivity index (χ2n) is 4.94. The molecule has 0 fully saturated rings. The highest BCUT2D eigenvalue weighted by Gasteiger charge is 2.20. The van der Waals surface area contributed by atoms with Crippen molar-refractivity contribution in [3.8, 4) is 5.75 Å². The number of thiophene rings is 1. The Hall–Kier alpha value is -0.840. The molecule has 2 nitrogen and oxygen atoms in total. The van der Waals surface area contributed by atoms with Crippen LogP contribution in [0.1, 0.15) is 42.3 Å². The van der Waals surface area contributed by atoms with Gasteiger partial charge in [-0.2, -0.15) is 0 Å². The molecule has 2 aromatic rings. The second kappa shape index (κ2) is 7.97. The maximum atomic E-state index is 5.30. The van der Waals surface area contributed by atoms with E-state index < -0.39 is 0 Å². The molecule has 0 aliphatic heterocycles. The first-order valence-corrected chi connectivity index (χ1v) is 9.01. The van der Waals surface area contributed by atoms with E-state index in [0.717, 1.165) is 29.6 Å². The normalized spacial score (nSPS) is 12.4. The summed E-state index contributed by atoms with van der Waals surface area (Å²) in [5.74, 6) is 0.877. The number of hydrogen-bond donors (Lipinski definition) is 1. The van der Waals surface area contributed by atoms with Crippen LogP contribution in [0.15, 0.2) is 34.1 Å². The first-order valence-electron chi connectivity index (χ1n) is 7.34. The SMILES string of the molecule is CCCNC(c1ccc(OC)cc1Br)c1sccc1CC. The van der Waals surface area contributed by atoms with Gasteiger partial charge < -0.3 is 10.1 Å². The lowest BCUT2D eigenvalue weighted by Crippen LogP contribution is -2.23. The molecule has 0 amide bonds. The molecular formula is C17H22BrNOS. The van der Waals surface area contributed by atoms with Crippen LogP contribution in [0, 0.1) is 0 Å². The molecule has 0 aliphatic rings. The average molecular weight is 368 g/mol. The largest absolute Gasteiger partial charge is 0.497 e. The highest BCUT2D eigenvalue weighted by molar-refractivity contribution is 9.10. The number of aryl methyl sites for hydroxylation is 1. The Labute approximate surface area is 139 Å². The monoisotopic (exact) mass is 367 g/mol. The topological polar surface area (TPSA) is 21.3 Å². The van der Waals surface area contributed by atoms with E-state index in [2.05, 4.69) is 52.6 Å². The van der Waals surface area contributed by atoms with Crippen molar-refractivity contribution in [1.82, 2.24) is 5.32 Å². The third-order valence-corrected chi connectivity index (χ3v) is 5.25. The van der Waals surface area contributed by atoms with Crippen LogP contribution in [0.4, 0.5) is 0 Å². The predicted molar refractivity (Wildman–Crippen MR) is 94.5 cm³/mol. The van der Waals surface area contributed by atoms with Crippen molar-refractivity contribution in [3.05, 3.63) is 50.1 Å². The zero-order valence-electron chi connectivity index (χ0n) is 12.8. The van der Waals surface area contributed by atoms with E-state index in [4.69, 9.17) is 4.74 Å². The molecule has 0 radical (unpaired) electrons. The number of rotatable bonds is 7. The Bertz CT molecular complexity index is 582. The van der Waals surface area contributed by atoms with Crippen molar-refractivity contribution in [2.24, 2.45) is 0 Å². The smallest absolute Gasteiger partial charge is 0.120 e. The third kappa shape index (κ3) is 3.87. The first kappa shape index (κ1) is 16.5. The molecule has 1 aromatic carbocycles. The molecular weight excluding hydrogens is 346 g/mol. The number of hydrogen-bond acceptors (Lipinski definition) is 3. The number of nitrogens with one attached hydrogen (secondary N) is 1. The van der Waals surface area contributed by atoms with Gasteiger partial charge in [0.1, 0.15) is 5.75 Å². The van der Waals surface area contributed by atoms with Gasteiger partial charge >= 0.3 is 0 Å². The summed E-state index contributed by atoms with van der Waals surface area (Å²) in [5, 5.41) is 5.87. The molecule has 1 unspecified atom stereocenters. The molecule has 1 aromatic heterocycles. The van der Waals surface area contributed by atoms with Gasteiger partial charge in [-0.05, 0) is 54.1 Å². The van der Waals surface area contributed by atoms with Crippen LogP contribution in [0.2, 0.25) is 0 Å². The minimum atomic E-state index is 0.236. The van der Waals surface area contributed by atoms with E-state index in [0.29, 0.717) is 0 Å². The van der Waals surface area contributed by atoms with Crippen LogP contribution in [0.3, 0.4) is 0 Å². The lowest BCUT2D eigenvalue weighted by atomic mass is 10.0. The first-order chi connectivity index (χ1) is 10.2. The highest BCUT2D eigenvalue weighted by atomic mass is 79.9. The maximum absolute atomic E-state index is 5.30. The fourth-order valence-electron chi connectivity index (χ4n) is 2.39. The molecule has 114 valence electrons. The van der Waals surface area contributed by atoms with Gasteiger partial charge in [-0.15, -0.1) is 11.3 Å². The Balaban J connectivity index is 2.40. The van der Waals surface area contributed by atoms with Crippen LogP contribution in [0.5, 0.6) is 5.75 Å². The molecule has 0 saturated carbocycles. The van der Waals surface area contributed by atoms with Crippen LogP contribution < -0.4 is 10.1 Å².